The molecular weight excluding hydrogens is 808 g/mol. The molecule has 0 amide bonds. The summed E-state index contributed by atoms with van der Waals surface area (Å²) in [7, 11) is 0. The molecule has 0 bridgehead atoms. The van der Waals surface area contributed by atoms with Crippen molar-refractivity contribution in [3.05, 3.63) is 206 Å². The van der Waals surface area contributed by atoms with Crippen LogP contribution in [0.25, 0.3) is 127 Å². The van der Waals surface area contributed by atoms with Gasteiger partial charge >= 0.3 is 347 Å². The van der Waals surface area contributed by atoms with Crippen molar-refractivity contribution in [2.75, 3.05) is 0 Å². The van der Waals surface area contributed by atoms with Crippen LogP contribution >= 0.6 is 11.3 Å². The van der Waals surface area contributed by atoms with Crippen LogP contribution in [0.2, 0.25) is 0 Å². The number of rotatable bonds is 4. The van der Waals surface area contributed by atoms with E-state index in [-0.39, 0.29) is 14.5 Å². The molecule has 2 heteroatoms. The van der Waals surface area contributed by atoms with Gasteiger partial charge in [0.1, 0.15) is 0 Å². The molecule has 13 rings (SSSR count). The van der Waals surface area contributed by atoms with Crippen LogP contribution in [-0.2, 0) is 0 Å². The third kappa shape index (κ3) is 4.97. The van der Waals surface area contributed by atoms with Gasteiger partial charge in [-0.25, -0.2) is 0 Å². The molecule has 0 aliphatic rings. The van der Waals surface area contributed by atoms with Gasteiger partial charge in [-0.05, 0) is 0 Å². The summed E-state index contributed by atoms with van der Waals surface area (Å²) in [5, 5.41) is 15.8. The Hall–Kier alpha value is -6.80. The zero-order valence-electron chi connectivity index (χ0n) is 32.4. The van der Waals surface area contributed by atoms with E-state index in [2.05, 4.69) is 206 Å². The Kier molecular flexibility index (Phi) is 7.59. The van der Waals surface area contributed by atoms with Crippen LogP contribution in [0.3, 0.4) is 0 Å². The molecule has 0 aliphatic heterocycles. The molecule has 0 spiro atoms. The maximum atomic E-state index is 2.51. The normalized spacial score (nSPS) is 12.0. The first-order chi connectivity index (χ1) is 29.8. The Morgan fingerprint density at radius 1 is 0.283 bits per heavy atom. The van der Waals surface area contributed by atoms with Gasteiger partial charge < -0.3 is 0 Å². The number of benzene rings is 11. The summed E-state index contributed by atoms with van der Waals surface area (Å²) in [6, 6.07) is 77.2. The zero-order valence-corrected chi connectivity index (χ0v) is 35.0. The minimum absolute atomic E-state index is 0.161. The summed E-state index contributed by atoms with van der Waals surface area (Å²) < 4.78 is 5.59. The first kappa shape index (κ1) is 34.1. The molecule has 0 unspecified atom stereocenters. The Labute approximate surface area is 357 Å². The Morgan fingerprint density at radius 2 is 0.750 bits per heavy atom. The predicted octanol–water partition coefficient (Wildman–Crippen LogP) is 16.7. The van der Waals surface area contributed by atoms with Gasteiger partial charge in [0.25, 0.3) is 0 Å². The number of fused-ring (bicyclic) bond motifs is 10. The maximum absolute atomic E-state index is 2.51. The van der Waals surface area contributed by atoms with Crippen molar-refractivity contribution in [1.82, 2.24) is 0 Å². The fourth-order valence-electron chi connectivity index (χ4n) is 10.2. The minimum atomic E-state index is 0.161. The van der Waals surface area contributed by atoms with E-state index in [0.29, 0.717) is 0 Å². The van der Waals surface area contributed by atoms with Gasteiger partial charge in [0.15, 0.2) is 0 Å². The van der Waals surface area contributed by atoms with E-state index >= 15 is 0 Å². The third-order valence-electron chi connectivity index (χ3n) is 12.7. The van der Waals surface area contributed by atoms with Crippen molar-refractivity contribution in [1.29, 1.82) is 0 Å². The molecule has 0 nitrogen and oxygen atoms in total. The van der Waals surface area contributed by atoms with E-state index in [4.69, 9.17) is 0 Å². The molecule has 0 radical (unpaired) electrons. The van der Waals surface area contributed by atoms with Crippen LogP contribution in [0.5, 0.6) is 0 Å². The van der Waals surface area contributed by atoms with Crippen molar-refractivity contribution < 1.29 is 0 Å². The Bertz CT molecular complexity index is 3770. The summed E-state index contributed by atoms with van der Waals surface area (Å²) >= 11 is 2.07. The molecule has 0 aliphatic carbocycles. The van der Waals surface area contributed by atoms with E-state index in [1.807, 2.05) is 11.3 Å². The standard InChI is InChI=1S/C58H34SSe/c1-2-16-35(17-3-1)53-38-19-4-6-21-40(38)54(41-22-7-5-20-39(41)53)36-32-33-47-52(34-36)60-51-31-15-28-48(57(47)51)55-42-23-8-10-25-44(42)56(45-26-11-9-24-43(45)55)49-29-14-27-46-37-18-12-13-30-50(37)59-58(46)49/h1-34H. The van der Waals surface area contributed by atoms with E-state index in [0.717, 1.165) is 0 Å². The van der Waals surface area contributed by atoms with Crippen LogP contribution in [0.15, 0.2) is 206 Å². The monoisotopic (exact) mass is 842 g/mol. The fraction of sp³-hybridized carbons (Fsp3) is 0. The summed E-state index contributed by atoms with van der Waals surface area (Å²) in [6.45, 7) is 0. The van der Waals surface area contributed by atoms with Crippen molar-refractivity contribution in [2.24, 2.45) is 0 Å². The van der Waals surface area contributed by atoms with Gasteiger partial charge in [0.2, 0.25) is 0 Å². The second-order valence-electron chi connectivity index (χ2n) is 15.8. The Balaban J connectivity index is 1.06. The van der Waals surface area contributed by atoms with Crippen LogP contribution in [0, 0.1) is 0 Å². The molecule has 0 saturated carbocycles. The van der Waals surface area contributed by atoms with Gasteiger partial charge in [-0.1, -0.05) is 12.1 Å². The molecule has 11 aromatic carbocycles. The van der Waals surface area contributed by atoms with Crippen LogP contribution in [0.4, 0.5) is 0 Å². The molecule has 13 aromatic rings. The zero-order chi connectivity index (χ0) is 39.3. The van der Waals surface area contributed by atoms with Crippen LogP contribution in [0.1, 0.15) is 0 Å². The summed E-state index contributed by atoms with van der Waals surface area (Å²) in [5.74, 6) is 0. The Morgan fingerprint density at radius 3 is 1.37 bits per heavy atom. The van der Waals surface area contributed by atoms with Crippen molar-refractivity contribution in [2.45, 2.75) is 0 Å². The average molecular weight is 842 g/mol. The molecule has 0 fully saturated rings. The summed E-state index contributed by atoms with van der Waals surface area (Å²) in [6.07, 6.45) is 0. The molecule has 2 aromatic heterocycles. The van der Waals surface area contributed by atoms with E-state index in [1.165, 1.54) is 127 Å². The van der Waals surface area contributed by atoms with Crippen molar-refractivity contribution in [3.63, 3.8) is 0 Å². The van der Waals surface area contributed by atoms with E-state index < -0.39 is 0 Å². The molecule has 278 valence electrons. The number of hydrogen-bond acceptors (Lipinski definition) is 1. The first-order valence-electron chi connectivity index (χ1n) is 20.6. The van der Waals surface area contributed by atoms with E-state index in [9.17, 15) is 0 Å². The third-order valence-corrected chi connectivity index (χ3v) is 16.2. The second-order valence-corrected chi connectivity index (χ2v) is 19.1. The molecule has 0 atom stereocenters. The number of thiophene rings is 1. The molecule has 0 saturated heterocycles. The SMILES string of the molecule is c1ccc(-c2c3ccccc3c(-c3ccc4c(c3)[se]c3cccc(-c5c6ccccc6c(-c6cccc7c6sc6ccccc67)c6ccccc56)c34)c3ccccc23)cc1. The van der Waals surface area contributed by atoms with Crippen LogP contribution < -0.4 is 0 Å². The summed E-state index contributed by atoms with van der Waals surface area (Å²) in [4.78, 5) is 0. The second kappa shape index (κ2) is 13.4. The fourth-order valence-corrected chi connectivity index (χ4v) is 13.9. The van der Waals surface area contributed by atoms with E-state index in [1.54, 1.807) is 0 Å². The van der Waals surface area contributed by atoms with Crippen molar-refractivity contribution >= 4 is 108 Å². The van der Waals surface area contributed by atoms with Crippen molar-refractivity contribution in [3.8, 4) is 44.5 Å². The van der Waals surface area contributed by atoms with Gasteiger partial charge in [-0.15, -0.1) is 0 Å². The average Bonchev–Trinajstić information content (AvgIpc) is 3.89. The first-order valence-corrected chi connectivity index (χ1v) is 23.1. The summed E-state index contributed by atoms with van der Waals surface area (Å²) in [5.41, 5.74) is 10.4. The topological polar surface area (TPSA) is 0 Å². The quantitative estimate of drug-likeness (QED) is 0.122. The molecule has 0 N–H and O–H groups in total. The molecule has 2 heterocycles. The van der Waals surface area contributed by atoms with Gasteiger partial charge in [0, 0.05) is 0 Å². The van der Waals surface area contributed by atoms with Gasteiger partial charge in [-0.3, -0.25) is 0 Å². The van der Waals surface area contributed by atoms with Gasteiger partial charge in [-0.2, -0.15) is 0 Å². The molecule has 60 heavy (non-hydrogen) atoms. The van der Waals surface area contributed by atoms with Crippen LogP contribution in [-0.4, -0.2) is 14.5 Å². The number of hydrogen-bond donors (Lipinski definition) is 0. The molecular formula is C58H34SSe. The van der Waals surface area contributed by atoms with Gasteiger partial charge in [0.05, 0.1) is 0 Å². The predicted molar refractivity (Wildman–Crippen MR) is 263 cm³/mol.